The number of benzene rings is 3. The Bertz CT molecular complexity index is 1170. The van der Waals surface area contributed by atoms with Gasteiger partial charge in [0.1, 0.15) is 11.5 Å². The first-order chi connectivity index (χ1) is 15.5. The summed E-state index contributed by atoms with van der Waals surface area (Å²) in [6, 6.07) is 23.4. The van der Waals surface area contributed by atoms with E-state index in [1.807, 2.05) is 68.4 Å². The lowest BCUT2D eigenvalue weighted by Crippen LogP contribution is -2.29. The highest BCUT2D eigenvalue weighted by molar-refractivity contribution is 6.46. The quantitative estimate of drug-likeness (QED) is 0.341. The molecule has 1 unspecified atom stereocenters. The van der Waals surface area contributed by atoms with Crippen molar-refractivity contribution in [2.45, 2.75) is 26.4 Å². The first kappa shape index (κ1) is 21.4. The second-order valence-corrected chi connectivity index (χ2v) is 7.78. The van der Waals surface area contributed by atoms with E-state index >= 15 is 0 Å². The molecule has 32 heavy (non-hydrogen) atoms. The molecule has 1 aliphatic rings. The van der Waals surface area contributed by atoms with Crippen LogP contribution >= 0.6 is 0 Å². The summed E-state index contributed by atoms with van der Waals surface area (Å²) in [7, 11) is 0. The molecule has 5 heteroatoms. The van der Waals surface area contributed by atoms with Gasteiger partial charge in [0.2, 0.25) is 0 Å². The van der Waals surface area contributed by atoms with Crippen LogP contribution in [0.15, 0.2) is 84.4 Å². The standard InChI is InChI=1S/C27H25NO4/c1-3-32-22-11-7-10-21(16-22)25(29)23-24(20-14-12-18(2)13-15-20)28(27(31)26(23)30)17-19-8-5-4-6-9-19/h4-16,24,29H,3,17H2,1-2H3. The minimum absolute atomic E-state index is 0.0865. The third kappa shape index (κ3) is 4.14. The zero-order valence-electron chi connectivity index (χ0n) is 18.1. The number of hydrogen-bond acceptors (Lipinski definition) is 4. The maximum Gasteiger partial charge on any atom is 0.295 e. The van der Waals surface area contributed by atoms with Gasteiger partial charge in [-0.1, -0.05) is 72.3 Å². The molecule has 3 aromatic carbocycles. The highest BCUT2D eigenvalue weighted by atomic mass is 16.5. The molecule has 1 fully saturated rings. The molecule has 3 aromatic rings. The van der Waals surface area contributed by atoms with E-state index in [0.29, 0.717) is 17.9 Å². The van der Waals surface area contributed by atoms with Crippen molar-refractivity contribution in [1.29, 1.82) is 0 Å². The molecule has 1 aliphatic heterocycles. The van der Waals surface area contributed by atoms with E-state index in [-0.39, 0.29) is 17.9 Å². The van der Waals surface area contributed by atoms with Crippen molar-refractivity contribution >= 4 is 17.4 Å². The van der Waals surface area contributed by atoms with Crippen LogP contribution in [0.5, 0.6) is 5.75 Å². The van der Waals surface area contributed by atoms with Crippen molar-refractivity contribution in [3.05, 3.63) is 107 Å². The Morgan fingerprint density at radius 1 is 0.969 bits per heavy atom. The maximum atomic E-state index is 13.1. The van der Waals surface area contributed by atoms with Crippen LogP contribution in [0.4, 0.5) is 0 Å². The molecule has 0 aromatic heterocycles. The zero-order valence-corrected chi connectivity index (χ0v) is 18.1. The van der Waals surface area contributed by atoms with Crippen LogP contribution in [0, 0.1) is 6.92 Å². The molecule has 1 heterocycles. The first-order valence-electron chi connectivity index (χ1n) is 10.6. The fourth-order valence-electron chi connectivity index (χ4n) is 3.97. The summed E-state index contributed by atoms with van der Waals surface area (Å²) in [6.07, 6.45) is 0. The molecule has 1 N–H and O–H groups in total. The number of Topliss-reactive ketones (excluding diaryl/α,β-unsaturated/α-hetero) is 1. The fraction of sp³-hybridized carbons (Fsp3) is 0.185. The van der Waals surface area contributed by atoms with Crippen molar-refractivity contribution in [1.82, 2.24) is 4.90 Å². The molecule has 0 saturated carbocycles. The Hall–Kier alpha value is -3.86. The van der Waals surface area contributed by atoms with E-state index in [9.17, 15) is 14.7 Å². The Kier molecular flexibility index (Phi) is 6.08. The molecule has 1 saturated heterocycles. The van der Waals surface area contributed by atoms with Gasteiger partial charge in [-0.15, -0.1) is 0 Å². The lowest BCUT2D eigenvalue weighted by molar-refractivity contribution is -0.140. The number of carbonyl (C=O) groups is 2. The topological polar surface area (TPSA) is 66.8 Å². The predicted octanol–water partition coefficient (Wildman–Crippen LogP) is 5.02. The molecular formula is C27H25NO4. The number of aliphatic hydroxyl groups excluding tert-OH is 1. The van der Waals surface area contributed by atoms with E-state index in [1.54, 1.807) is 24.3 Å². The number of likely N-dealkylation sites (tertiary alicyclic amines) is 1. The molecule has 5 nitrogen and oxygen atoms in total. The van der Waals surface area contributed by atoms with Crippen LogP contribution in [0.1, 0.15) is 35.2 Å². The van der Waals surface area contributed by atoms with Gasteiger partial charge in [0.05, 0.1) is 18.2 Å². The fourth-order valence-corrected chi connectivity index (χ4v) is 3.97. The molecule has 1 amide bonds. The highest BCUT2D eigenvalue weighted by Crippen LogP contribution is 2.40. The minimum Gasteiger partial charge on any atom is -0.507 e. The SMILES string of the molecule is CCOc1cccc(C(O)=C2C(=O)C(=O)N(Cc3ccccc3)C2c2ccc(C)cc2)c1. The van der Waals surface area contributed by atoms with Crippen molar-refractivity contribution in [3.63, 3.8) is 0 Å². The molecule has 0 radical (unpaired) electrons. The van der Waals surface area contributed by atoms with Gasteiger partial charge in [-0.2, -0.15) is 0 Å². The average molecular weight is 428 g/mol. The van der Waals surface area contributed by atoms with E-state index in [0.717, 1.165) is 16.7 Å². The summed E-state index contributed by atoms with van der Waals surface area (Å²) in [4.78, 5) is 27.8. The van der Waals surface area contributed by atoms with E-state index in [4.69, 9.17) is 4.74 Å². The van der Waals surface area contributed by atoms with E-state index in [1.165, 1.54) is 4.90 Å². The summed E-state index contributed by atoms with van der Waals surface area (Å²) in [5.74, 6) is -0.930. The number of rotatable bonds is 6. The van der Waals surface area contributed by atoms with Crippen LogP contribution in [0.2, 0.25) is 0 Å². The van der Waals surface area contributed by atoms with Crippen molar-refractivity contribution in [3.8, 4) is 5.75 Å². The van der Waals surface area contributed by atoms with E-state index < -0.39 is 17.7 Å². The second kappa shape index (κ2) is 9.10. The smallest absolute Gasteiger partial charge is 0.295 e. The average Bonchev–Trinajstić information content (AvgIpc) is 3.05. The number of aliphatic hydroxyl groups is 1. The summed E-state index contributed by atoms with van der Waals surface area (Å²) < 4.78 is 5.54. The number of hydrogen-bond donors (Lipinski definition) is 1. The number of ether oxygens (including phenoxy) is 1. The van der Waals surface area contributed by atoms with Gasteiger partial charge in [-0.3, -0.25) is 9.59 Å². The largest absolute Gasteiger partial charge is 0.507 e. The van der Waals surface area contributed by atoms with Crippen molar-refractivity contribution < 1.29 is 19.4 Å². The number of nitrogens with zero attached hydrogens (tertiary/aromatic N) is 1. The summed E-state index contributed by atoms with van der Waals surface area (Å²) in [5, 5.41) is 11.2. The van der Waals surface area contributed by atoms with Gasteiger partial charge < -0.3 is 14.7 Å². The third-order valence-electron chi connectivity index (χ3n) is 5.55. The molecule has 0 bridgehead atoms. The summed E-state index contributed by atoms with van der Waals surface area (Å²) in [5.41, 5.74) is 3.27. The van der Waals surface area contributed by atoms with Gasteiger partial charge in [0.15, 0.2) is 0 Å². The molecule has 1 atom stereocenters. The molecule has 0 spiro atoms. The van der Waals surface area contributed by atoms with Crippen LogP contribution in [0.25, 0.3) is 5.76 Å². The Balaban J connectivity index is 1.84. The Morgan fingerprint density at radius 2 is 1.69 bits per heavy atom. The summed E-state index contributed by atoms with van der Waals surface area (Å²) in [6.45, 7) is 4.59. The number of amides is 1. The number of aryl methyl sites for hydroxylation is 1. The van der Waals surface area contributed by atoms with Crippen LogP contribution in [0.3, 0.4) is 0 Å². The molecular weight excluding hydrogens is 402 g/mol. The van der Waals surface area contributed by atoms with Crippen molar-refractivity contribution in [2.24, 2.45) is 0 Å². The normalized spacial score (nSPS) is 17.6. The van der Waals surface area contributed by atoms with Crippen LogP contribution < -0.4 is 4.74 Å². The molecule has 4 rings (SSSR count). The van der Waals surface area contributed by atoms with Crippen LogP contribution in [-0.4, -0.2) is 28.3 Å². The monoisotopic (exact) mass is 427 g/mol. The first-order valence-corrected chi connectivity index (χ1v) is 10.6. The lowest BCUT2D eigenvalue weighted by atomic mass is 9.94. The lowest BCUT2D eigenvalue weighted by Gasteiger charge is -2.25. The highest BCUT2D eigenvalue weighted by Gasteiger charge is 2.46. The zero-order chi connectivity index (χ0) is 22.7. The minimum atomic E-state index is -0.689. The van der Waals surface area contributed by atoms with E-state index in [2.05, 4.69) is 0 Å². The molecule has 0 aliphatic carbocycles. The van der Waals surface area contributed by atoms with Crippen LogP contribution in [-0.2, 0) is 16.1 Å². The third-order valence-corrected chi connectivity index (χ3v) is 5.55. The van der Waals surface area contributed by atoms with Gasteiger partial charge in [0.25, 0.3) is 11.7 Å². The number of carbonyl (C=O) groups excluding carboxylic acids is 2. The predicted molar refractivity (Wildman–Crippen MR) is 123 cm³/mol. The number of ketones is 1. The Labute approximate surface area is 187 Å². The maximum absolute atomic E-state index is 13.1. The second-order valence-electron chi connectivity index (χ2n) is 7.78. The molecule has 162 valence electrons. The van der Waals surface area contributed by atoms with Gasteiger partial charge in [-0.05, 0) is 37.1 Å². The van der Waals surface area contributed by atoms with Gasteiger partial charge >= 0.3 is 0 Å². The van der Waals surface area contributed by atoms with Gasteiger partial charge in [0, 0.05) is 12.1 Å². The van der Waals surface area contributed by atoms with Gasteiger partial charge in [-0.25, -0.2) is 0 Å². The summed E-state index contributed by atoms with van der Waals surface area (Å²) >= 11 is 0. The van der Waals surface area contributed by atoms with Crippen molar-refractivity contribution in [2.75, 3.05) is 6.61 Å². The Morgan fingerprint density at radius 3 is 2.38 bits per heavy atom.